The fraction of sp³-hybridized carbons (Fsp3) is 0.0769. The third-order valence-electron chi connectivity index (χ3n) is 2.62. The second-order valence-corrected chi connectivity index (χ2v) is 4.07. The van der Waals surface area contributed by atoms with Gasteiger partial charge in [0.25, 0.3) is 0 Å². The number of nitrogens with zero attached hydrogens (tertiary/aromatic N) is 3. The van der Waals surface area contributed by atoms with Crippen molar-refractivity contribution in [3.63, 3.8) is 0 Å². The number of halogens is 2. The molecule has 0 bridgehead atoms. The standard InChI is InChI=1S/C13H10F2N4/c14-9-4-10(15)6-11(5-9)17-7-12-8-19-3-1-2-16-13(19)18-12/h1-6,8,17H,7H2. The lowest BCUT2D eigenvalue weighted by Crippen LogP contribution is -2.00. The summed E-state index contributed by atoms with van der Waals surface area (Å²) in [4.78, 5) is 8.36. The molecule has 2 heterocycles. The summed E-state index contributed by atoms with van der Waals surface area (Å²) in [5.74, 6) is -0.636. The van der Waals surface area contributed by atoms with Crippen molar-refractivity contribution < 1.29 is 8.78 Å². The van der Waals surface area contributed by atoms with E-state index in [1.54, 1.807) is 16.7 Å². The van der Waals surface area contributed by atoms with E-state index in [4.69, 9.17) is 0 Å². The molecule has 96 valence electrons. The lowest BCUT2D eigenvalue weighted by Gasteiger charge is -2.04. The zero-order valence-electron chi connectivity index (χ0n) is 9.85. The fourth-order valence-electron chi connectivity index (χ4n) is 1.81. The highest BCUT2D eigenvalue weighted by molar-refractivity contribution is 5.44. The van der Waals surface area contributed by atoms with Gasteiger partial charge in [0.15, 0.2) is 0 Å². The molecule has 0 aliphatic carbocycles. The number of anilines is 1. The molecule has 1 N–H and O–H groups in total. The van der Waals surface area contributed by atoms with Gasteiger partial charge in [-0.2, -0.15) is 0 Å². The summed E-state index contributed by atoms with van der Waals surface area (Å²) < 4.78 is 27.8. The van der Waals surface area contributed by atoms with Crippen molar-refractivity contribution in [2.75, 3.05) is 5.32 Å². The molecule has 0 spiro atoms. The number of rotatable bonds is 3. The topological polar surface area (TPSA) is 42.2 Å². The van der Waals surface area contributed by atoms with E-state index in [0.29, 0.717) is 18.0 Å². The molecule has 2 aromatic heterocycles. The van der Waals surface area contributed by atoms with Crippen molar-refractivity contribution in [3.8, 4) is 0 Å². The molecule has 0 unspecified atom stereocenters. The predicted octanol–water partition coefficient (Wildman–Crippen LogP) is 2.62. The minimum atomic E-state index is -0.612. The van der Waals surface area contributed by atoms with E-state index in [2.05, 4.69) is 15.3 Å². The number of hydrogen-bond donors (Lipinski definition) is 1. The van der Waals surface area contributed by atoms with Crippen molar-refractivity contribution in [1.29, 1.82) is 0 Å². The predicted molar refractivity (Wildman–Crippen MR) is 66.7 cm³/mol. The largest absolute Gasteiger partial charge is 0.379 e. The number of hydrogen-bond acceptors (Lipinski definition) is 3. The van der Waals surface area contributed by atoms with Crippen LogP contribution in [0.4, 0.5) is 14.5 Å². The molecule has 0 saturated carbocycles. The van der Waals surface area contributed by atoms with Gasteiger partial charge in [-0.3, -0.25) is 4.40 Å². The van der Waals surface area contributed by atoms with Crippen LogP contribution in [-0.4, -0.2) is 14.4 Å². The highest BCUT2D eigenvalue weighted by Crippen LogP contribution is 2.14. The molecule has 3 aromatic rings. The van der Waals surface area contributed by atoms with Crippen LogP contribution in [0.3, 0.4) is 0 Å². The number of imidazole rings is 1. The van der Waals surface area contributed by atoms with Crippen LogP contribution in [0, 0.1) is 11.6 Å². The van der Waals surface area contributed by atoms with E-state index in [1.807, 2.05) is 12.4 Å². The number of nitrogens with one attached hydrogen (secondary N) is 1. The first kappa shape index (κ1) is 11.6. The van der Waals surface area contributed by atoms with E-state index in [0.717, 1.165) is 11.8 Å². The first-order chi connectivity index (χ1) is 9.20. The molecule has 0 fully saturated rings. The summed E-state index contributed by atoms with van der Waals surface area (Å²) in [6.07, 6.45) is 5.30. The monoisotopic (exact) mass is 260 g/mol. The van der Waals surface area contributed by atoms with Gasteiger partial charge in [0.1, 0.15) is 11.6 Å². The summed E-state index contributed by atoms with van der Waals surface area (Å²) in [6.45, 7) is 0.367. The molecule has 0 amide bonds. The average Bonchev–Trinajstić information content (AvgIpc) is 2.78. The van der Waals surface area contributed by atoms with Crippen LogP contribution in [0.5, 0.6) is 0 Å². The molecule has 6 heteroatoms. The Morgan fingerprint density at radius 1 is 1.16 bits per heavy atom. The van der Waals surface area contributed by atoms with Crippen molar-refractivity contribution in [3.05, 3.63) is 60.2 Å². The smallest absolute Gasteiger partial charge is 0.233 e. The third kappa shape index (κ3) is 2.52. The maximum atomic E-state index is 13.0. The van der Waals surface area contributed by atoms with Crippen molar-refractivity contribution >= 4 is 11.5 Å². The maximum Gasteiger partial charge on any atom is 0.233 e. The Morgan fingerprint density at radius 3 is 2.68 bits per heavy atom. The van der Waals surface area contributed by atoms with Crippen LogP contribution < -0.4 is 5.32 Å². The van der Waals surface area contributed by atoms with Gasteiger partial charge < -0.3 is 5.32 Å². The first-order valence-electron chi connectivity index (χ1n) is 5.69. The molecule has 0 aliphatic heterocycles. The van der Waals surface area contributed by atoms with E-state index in [1.165, 1.54) is 12.1 Å². The average molecular weight is 260 g/mol. The summed E-state index contributed by atoms with van der Waals surface area (Å²) >= 11 is 0. The maximum absolute atomic E-state index is 13.0. The molecule has 0 atom stereocenters. The molecule has 1 aromatic carbocycles. The number of fused-ring (bicyclic) bond motifs is 1. The summed E-state index contributed by atoms with van der Waals surface area (Å²) in [7, 11) is 0. The van der Waals surface area contributed by atoms with Crippen LogP contribution >= 0.6 is 0 Å². The Balaban J connectivity index is 1.78. The summed E-state index contributed by atoms with van der Waals surface area (Å²) in [6, 6.07) is 5.10. The van der Waals surface area contributed by atoms with Gasteiger partial charge in [0, 0.05) is 30.3 Å². The van der Waals surface area contributed by atoms with Gasteiger partial charge in [-0.25, -0.2) is 18.7 Å². The Morgan fingerprint density at radius 2 is 1.95 bits per heavy atom. The second kappa shape index (κ2) is 4.64. The van der Waals surface area contributed by atoms with Gasteiger partial charge in [-0.15, -0.1) is 0 Å². The highest BCUT2D eigenvalue weighted by atomic mass is 19.1. The van der Waals surface area contributed by atoms with E-state index in [-0.39, 0.29) is 0 Å². The van der Waals surface area contributed by atoms with Gasteiger partial charge in [-0.05, 0) is 18.2 Å². The van der Waals surface area contributed by atoms with Gasteiger partial charge in [-0.1, -0.05) is 0 Å². The van der Waals surface area contributed by atoms with Crippen LogP contribution in [0.25, 0.3) is 5.78 Å². The third-order valence-corrected chi connectivity index (χ3v) is 2.62. The Hall–Kier alpha value is -2.50. The van der Waals surface area contributed by atoms with E-state index < -0.39 is 11.6 Å². The quantitative estimate of drug-likeness (QED) is 0.787. The zero-order valence-corrected chi connectivity index (χ0v) is 9.85. The van der Waals surface area contributed by atoms with Crippen LogP contribution in [-0.2, 0) is 6.54 Å². The van der Waals surface area contributed by atoms with E-state index >= 15 is 0 Å². The fourth-order valence-corrected chi connectivity index (χ4v) is 1.81. The summed E-state index contributed by atoms with van der Waals surface area (Å²) in [5.41, 5.74) is 1.12. The molecule has 4 nitrogen and oxygen atoms in total. The molecular formula is C13H10F2N4. The molecule has 0 saturated heterocycles. The number of aromatic nitrogens is 3. The van der Waals surface area contributed by atoms with Crippen molar-refractivity contribution in [1.82, 2.24) is 14.4 Å². The van der Waals surface area contributed by atoms with Crippen molar-refractivity contribution in [2.45, 2.75) is 6.54 Å². The first-order valence-corrected chi connectivity index (χ1v) is 5.69. The van der Waals surface area contributed by atoms with Gasteiger partial charge >= 0.3 is 0 Å². The Labute approximate surface area is 107 Å². The van der Waals surface area contributed by atoms with Crippen molar-refractivity contribution in [2.24, 2.45) is 0 Å². The lowest BCUT2D eigenvalue weighted by atomic mass is 10.3. The molecule has 19 heavy (non-hydrogen) atoms. The minimum Gasteiger partial charge on any atom is -0.379 e. The SMILES string of the molecule is Fc1cc(F)cc(NCc2cn3cccnc3n2)c1. The molecule has 0 aliphatic rings. The zero-order chi connectivity index (χ0) is 13.2. The molecule has 3 rings (SSSR count). The Kier molecular flexibility index (Phi) is 2.83. The number of benzene rings is 1. The van der Waals surface area contributed by atoms with Crippen LogP contribution in [0.2, 0.25) is 0 Å². The van der Waals surface area contributed by atoms with Gasteiger partial charge in [0.2, 0.25) is 5.78 Å². The van der Waals surface area contributed by atoms with E-state index in [9.17, 15) is 8.78 Å². The second-order valence-electron chi connectivity index (χ2n) is 4.07. The van der Waals surface area contributed by atoms with Gasteiger partial charge in [0.05, 0.1) is 12.2 Å². The Bertz CT molecular complexity index is 670. The lowest BCUT2D eigenvalue weighted by molar-refractivity contribution is 0.584. The molecule has 0 radical (unpaired) electrons. The normalized spacial score (nSPS) is 10.8. The minimum absolute atomic E-state index is 0.367. The molecular weight excluding hydrogens is 250 g/mol. The summed E-state index contributed by atoms with van der Waals surface area (Å²) in [5, 5.41) is 2.92. The van der Waals surface area contributed by atoms with Crippen LogP contribution in [0.15, 0.2) is 42.9 Å². The highest BCUT2D eigenvalue weighted by Gasteiger charge is 2.03. The van der Waals surface area contributed by atoms with Crippen LogP contribution in [0.1, 0.15) is 5.69 Å².